The van der Waals surface area contributed by atoms with Gasteiger partial charge in [-0.25, -0.2) is 0 Å². The Labute approximate surface area is 265 Å². The smallest absolute Gasteiger partial charge is 1.00 e. The molecule has 0 saturated heterocycles. The molecule has 40 heavy (non-hydrogen) atoms. The molecule has 0 aliphatic heterocycles. The normalized spacial score (nSPS) is 19.0. The molecule has 2 aromatic carbocycles. The molecule has 0 spiro atoms. The number of hydrogen-bond donors (Lipinski definition) is 0. The van der Waals surface area contributed by atoms with Crippen LogP contribution in [0.1, 0.15) is 127 Å². The molecule has 0 bridgehead atoms. The molecule has 0 nitrogen and oxygen atoms in total. The van der Waals surface area contributed by atoms with Gasteiger partial charge in [-0.3, -0.25) is 0 Å². The number of benzene rings is 2. The summed E-state index contributed by atoms with van der Waals surface area (Å²) in [6.45, 7) is 24.1. The molecular weight excluding hydrogens is 607 g/mol. The molecule has 1 atom stereocenters. The van der Waals surface area contributed by atoms with E-state index in [-0.39, 0.29) is 35.6 Å². The van der Waals surface area contributed by atoms with Crippen LogP contribution in [0.2, 0.25) is 0 Å². The fraction of sp³-hybridized carbons (Fsp3) is 0.541. The third-order valence-electron chi connectivity index (χ3n) is 9.51. The quantitative estimate of drug-likeness (QED) is 0.453. The minimum Gasteiger partial charge on any atom is -1.00 e. The number of allylic oxidation sites excluding steroid dienone is 4. The predicted octanol–water partition coefficient (Wildman–Crippen LogP) is 4.62. The van der Waals surface area contributed by atoms with E-state index >= 15 is 0 Å². The van der Waals surface area contributed by atoms with Crippen LogP contribution >= 0.6 is 0 Å². The molecule has 1 saturated carbocycles. The minimum absolute atomic E-state index is 0. The first-order valence-electron chi connectivity index (χ1n) is 15.2. The molecule has 1 unspecified atom stereocenters. The van der Waals surface area contributed by atoms with Crippen molar-refractivity contribution in [1.29, 1.82) is 0 Å². The summed E-state index contributed by atoms with van der Waals surface area (Å²) in [6.07, 6.45) is 9.64. The van der Waals surface area contributed by atoms with Crippen molar-refractivity contribution < 1.29 is 46.1 Å². The average Bonchev–Trinajstić information content (AvgIpc) is 3.33. The van der Waals surface area contributed by atoms with Crippen molar-refractivity contribution in [3.63, 3.8) is 0 Å². The Morgan fingerprint density at radius 2 is 1.23 bits per heavy atom. The van der Waals surface area contributed by atoms with Crippen molar-refractivity contribution in [2.45, 2.75) is 116 Å². The summed E-state index contributed by atoms with van der Waals surface area (Å²) in [5.41, 5.74) is 13.0. The molecule has 5 rings (SSSR count). The standard InChI is InChI=1S/C21H25.C10H15.C6H10.2ClH.Zr/c1-20(2,3)16-7-9-18-14(12-16)11-15-13-17(21(4,5)6)8-10-19(15)18;1-7(2)10-6-8(3)5-9(10)4;1-2-4-6-5-3-1;;;/h7-13H,1-6H3;6-8H,1-4H3;1-5H2;2*1H;/q;;;;;+2/p-2. The summed E-state index contributed by atoms with van der Waals surface area (Å²) in [7, 11) is 0. The maximum absolute atomic E-state index is 2.65. The summed E-state index contributed by atoms with van der Waals surface area (Å²) in [6, 6.07) is 15.1. The van der Waals surface area contributed by atoms with Gasteiger partial charge in [-0.15, -0.1) is 0 Å². The van der Waals surface area contributed by atoms with Crippen LogP contribution in [0.15, 0.2) is 56.9 Å². The van der Waals surface area contributed by atoms with E-state index in [1.807, 2.05) is 6.49 Å². The molecule has 216 valence electrons. The van der Waals surface area contributed by atoms with Gasteiger partial charge in [0, 0.05) is 0 Å². The van der Waals surface area contributed by atoms with Crippen molar-refractivity contribution in [3.05, 3.63) is 79.2 Å². The van der Waals surface area contributed by atoms with Gasteiger partial charge in [0.15, 0.2) is 0 Å². The monoisotopic (exact) mass is 654 g/mol. The van der Waals surface area contributed by atoms with E-state index in [4.69, 9.17) is 0 Å². The van der Waals surface area contributed by atoms with E-state index in [0.29, 0.717) is 15.5 Å². The molecule has 0 N–H and O–H groups in total. The van der Waals surface area contributed by atoms with Crippen molar-refractivity contribution in [2.24, 2.45) is 11.8 Å². The van der Waals surface area contributed by atoms with Crippen LogP contribution in [0, 0.1) is 11.8 Å². The van der Waals surface area contributed by atoms with Crippen molar-refractivity contribution >= 4 is 3.21 Å². The molecule has 0 radical (unpaired) electrons. The molecule has 3 heteroatoms. The van der Waals surface area contributed by atoms with Crippen LogP contribution in [0.25, 0.3) is 11.1 Å². The molecule has 3 aliphatic rings. The summed E-state index contributed by atoms with van der Waals surface area (Å²) in [5, 5.41) is 0. The van der Waals surface area contributed by atoms with E-state index in [9.17, 15) is 0 Å². The second kappa shape index (κ2) is 12.5. The van der Waals surface area contributed by atoms with E-state index < -0.39 is 21.3 Å². The predicted molar refractivity (Wildman–Crippen MR) is 164 cm³/mol. The zero-order valence-electron chi connectivity index (χ0n) is 26.6. The first-order valence-corrected chi connectivity index (χ1v) is 19.1. The van der Waals surface area contributed by atoms with Gasteiger partial charge in [-0.2, -0.15) is 0 Å². The summed E-state index contributed by atoms with van der Waals surface area (Å²) in [5.74, 6) is 1.21. The summed E-state index contributed by atoms with van der Waals surface area (Å²) < 4.78 is 4.54. The van der Waals surface area contributed by atoms with Gasteiger partial charge in [0.2, 0.25) is 0 Å². The first kappa shape index (κ1) is 33.8. The Morgan fingerprint density at radius 3 is 1.62 bits per heavy atom. The Hall–Kier alpha value is -0.747. The number of halogens is 2. The van der Waals surface area contributed by atoms with Crippen LogP contribution in [0.5, 0.6) is 0 Å². The Bertz CT molecular complexity index is 1290. The van der Waals surface area contributed by atoms with Gasteiger partial charge in [-0.1, -0.05) is 0 Å². The maximum atomic E-state index is 2.65. The Balaban J connectivity index is 0.00000220. The fourth-order valence-corrected chi connectivity index (χ4v) is 17.7. The van der Waals surface area contributed by atoms with Gasteiger partial charge in [0.1, 0.15) is 0 Å². The molecule has 0 aromatic heterocycles. The minimum atomic E-state index is -2.32. The Kier molecular flexibility index (Phi) is 10.5. The number of hydrogen-bond acceptors (Lipinski definition) is 0. The molecular formula is C37H50Cl2Zr. The zero-order chi connectivity index (χ0) is 27.6. The maximum Gasteiger partial charge on any atom is -1.00 e. The van der Waals surface area contributed by atoms with Crippen molar-refractivity contribution in [1.82, 2.24) is 0 Å². The van der Waals surface area contributed by atoms with Crippen LogP contribution in [-0.2, 0) is 32.1 Å². The molecule has 3 aliphatic carbocycles. The second-order valence-corrected chi connectivity index (χ2v) is 21.2. The fourth-order valence-electron chi connectivity index (χ4n) is 7.35. The van der Waals surface area contributed by atoms with Gasteiger partial charge in [0.25, 0.3) is 0 Å². The SMILES string of the molecule is CC1=[C]([Zr+2](=[C]2CCCCC2)[CH]2c3cc(C(C)(C)C)ccc3-c3ccc(C(C)(C)C)cc32)C(C)C=C1C(C)C.[Cl-].[Cl-]. The van der Waals surface area contributed by atoms with Gasteiger partial charge in [0.05, 0.1) is 0 Å². The topological polar surface area (TPSA) is 0 Å². The van der Waals surface area contributed by atoms with Gasteiger partial charge >= 0.3 is 242 Å². The van der Waals surface area contributed by atoms with E-state index in [1.54, 1.807) is 22.3 Å². The third-order valence-corrected chi connectivity index (χ3v) is 19.0. The van der Waals surface area contributed by atoms with E-state index in [1.165, 1.54) is 54.4 Å². The van der Waals surface area contributed by atoms with Crippen LogP contribution < -0.4 is 24.8 Å². The molecule has 0 amide bonds. The second-order valence-electron chi connectivity index (χ2n) is 14.7. The molecule has 2 aromatic rings. The third kappa shape index (κ3) is 6.15. The zero-order valence-corrected chi connectivity index (χ0v) is 30.5. The average molecular weight is 657 g/mol. The number of fused-ring (bicyclic) bond motifs is 3. The van der Waals surface area contributed by atoms with Gasteiger partial charge in [-0.05, 0) is 0 Å². The molecule has 0 heterocycles. The summed E-state index contributed by atoms with van der Waals surface area (Å²) >= 11 is -2.32. The largest absolute Gasteiger partial charge is 1.00 e. The molecule has 1 fully saturated rings. The van der Waals surface area contributed by atoms with Crippen LogP contribution in [-0.4, -0.2) is 3.21 Å². The van der Waals surface area contributed by atoms with Gasteiger partial charge < -0.3 is 24.8 Å². The van der Waals surface area contributed by atoms with Crippen LogP contribution in [0.4, 0.5) is 0 Å². The number of rotatable bonds is 3. The van der Waals surface area contributed by atoms with Crippen molar-refractivity contribution in [2.75, 3.05) is 0 Å². The van der Waals surface area contributed by atoms with Crippen molar-refractivity contribution in [3.8, 4) is 11.1 Å². The Morgan fingerprint density at radius 1 is 0.750 bits per heavy atom. The first-order chi connectivity index (χ1) is 17.8. The van der Waals surface area contributed by atoms with Crippen LogP contribution in [0.3, 0.4) is 0 Å². The van der Waals surface area contributed by atoms with E-state index in [2.05, 4.69) is 112 Å². The summed E-state index contributed by atoms with van der Waals surface area (Å²) in [4.78, 5) is 0. The van der Waals surface area contributed by atoms with E-state index in [0.717, 1.165) is 0 Å².